The van der Waals surface area contributed by atoms with E-state index >= 15 is 0 Å². The van der Waals surface area contributed by atoms with Gasteiger partial charge in [0.25, 0.3) is 0 Å². The molecule has 7 nitrogen and oxygen atoms in total. The molecule has 0 bridgehead atoms. The summed E-state index contributed by atoms with van der Waals surface area (Å²) in [5.41, 5.74) is 0. The fraction of sp³-hybridized carbons (Fsp3) is 0.556. The van der Waals surface area contributed by atoms with Gasteiger partial charge in [-0.05, 0) is 10.6 Å². The number of aliphatic hydroxyl groups excluding tert-OH is 3. The molecule has 1 fully saturated rings. The van der Waals surface area contributed by atoms with Gasteiger partial charge in [0, 0.05) is 12.4 Å². The molecular formula is C9H13FN2O5. The average Bonchev–Trinajstić information content (AvgIpc) is 2.39. The van der Waals surface area contributed by atoms with E-state index in [1.165, 1.54) is 6.33 Å². The predicted molar refractivity (Wildman–Crippen MR) is 52.0 cm³/mol. The summed E-state index contributed by atoms with van der Waals surface area (Å²) in [6.07, 6.45) is -0.807. The van der Waals surface area contributed by atoms with Crippen molar-refractivity contribution in [3.63, 3.8) is 0 Å². The monoisotopic (exact) mass is 248 g/mol. The highest BCUT2D eigenvalue weighted by atomic mass is 19.3. The highest BCUT2D eigenvalue weighted by Gasteiger charge is 2.38. The number of halogens is 1. The molecule has 2 heterocycles. The molecule has 1 aromatic heterocycles. The Morgan fingerprint density at radius 2 is 1.82 bits per heavy atom. The van der Waals surface area contributed by atoms with Gasteiger partial charge in [-0.1, -0.05) is 0 Å². The predicted octanol–water partition coefficient (Wildman–Crippen LogP) is -1.20. The summed E-state index contributed by atoms with van der Waals surface area (Å²) < 4.78 is 15.9. The SMILES string of the molecule is O[C@@H]1[C@H](OF)OC[C@@H](O)[C@H]1O.c1cncnc1. The third-order valence-electron chi connectivity index (χ3n) is 2.02. The summed E-state index contributed by atoms with van der Waals surface area (Å²) in [6.45, 7) is -0.257. The van der Waals surface area contributed by atoms with Gasteiger partial charge in [0.05, 0.1) is 6.61 Å². The van der Waals surface area contributed by atoms with Gasteiger partial charge >= 0.3 is 0 Å². The van der Waals surface area contributed by atoms with Crippen LogP contribution in [0.25, 0.3) is 0 Å². The van der Waals surface area contributed by atoms with E-state index in [1.807, 2.05) is 0 Å². The normalized spacial score (nSPS) is 32.5. The van der Waals surface area contributed by atoms with Crippen molar-refractivity contribution < 1.29 is 29.5 Å². The molecule has 0 radical (unpaired) electrons. The Hall–Kier alpha value is -1.19. The number of aromatic nitrogens is 2. The Morgan fingerprint density at radius 1 is 1.18 bits per heavy atom. The van der Waals surface area contributed by atoms with Gasteiger partial charge in [-0.3, -0.25) is 0 Å². The zero-order chi connectivity index (χ0) is 12.7. The number of ether oxygens (including phenoxy) is 1. The Balaban J connectivity index is 0.000000202. The second-order valence-corrected chi connectivity index (χ2v) is 3.24. The lowest BCUT2D eigenvalue weighted by atomic mass is 10.1. The van der Waals surface area contributed by atoms with Crippen LogP contribution >= 0.6 is 0 Å². The lowest BCUT2D eigenvalue weighted by Crippen LogP contribution is -2.53. The first-order chi connectivity index (χ1) is 8.16. The molecule has 17 heavy (non-hydrogen) atoms. The van der Waals surface area contributed by atoms with E-state index in [0.717, 1.165) is 0 Å². The molecule has 0 unspecified atom stereocenters. The minimum absolute atomic E-state index is 0.257. The molecule has 3 N–H and O–H groups in total. The summed E-state index contributed by atoms with van der Waals surface area (Å²) in [6, 6.07) is 1.78. The summed E-state index contributed by atoms with van der Waals surface area (Å²) >= 11 is 0. The molecule has 1 aliphatic rings. The van der Waals surface area contributed by atoms with Crippen LogP contribution in [-0.4, -0.2) is 56.5 Å². The van der Waals surface area contributed by atoms with Crippen molar-refractivity contribution in [2.75, 3.05) is 6.61 Å². The molecule has 0 aliphatic carbocycles. The third kappa shape index (κ3) is 4.29. The molecule has 0 spiro atoms. The number of rotatable bonds is 1. The van der Waals surface area contributed by atoms with Crippen LogP contribution in [0.1, 0.15) is 0 Å². The minimum Gasteiger partial charge on any atom is -0.388 e. The molecule has 2 rings (SSSR count). The summed E-state index contributed by atoms with van der Waals surface area (Å²) in [5.74, 6) is 0. The van der Waals surface area contributed by atoms with Crippen LogP contribution < -0.4 is 0 Å². The Kier molecular flexibility index (Phi) is 5.87. The molecule has 8 heteroatoms. The van der Waals surface area contributed by atoms with E-state index in [9.17, 15) is 4.53 Å². The fourth-order valence-electron chi connectivity index (χ4n) is 1.11. The van der Waals surface area contributed by atoms with E-state index < -0.39 is 24.6 Å². The van der Waals surface area contributed by atoms with Gasteiger partial charge in [-0.25, -0.2) is 9.97 Å². The lowest BCUT2D eigenvalue weighted by Gasteiger charge is -2.32. The Bertz CT molecular complexity index is 276. The molecule has 1 aliphatic heterocycles. The number of hydrogen-bond acceptors (Lipinski definition) is 7. The van der Waals surface area contributed by atoms with Crippen LogP contribution in [0.5, 0.6) is 0 Å². The number of hydrogen-bond donors (Lipinski definition) is 3. The van der Waals surface area contributed by atoms with Gasteiger partial charge in [-0.15, -0.1) is 0 Å². The Morgan fingerprint density at radius 3 is 2.24 bits per heavy atom. The smallest absolute Gasteiger partial charge is 0.225 e. The van der Waals surface area contributed by atoms with Crippen molar-refractivity contribution in [2.24, 2.45) is 0 Å². The standard InChI is InChI=1S/C5H9FO5.C4H4N2/c6-11-5-4(9)3(8)2(7)1-10-5;1-2-5-4-6-3-1/h2-5,7-9H,1H2;1-4H/t2-,3-,4+,5+;/m1./s1. The molecule has 4 atom stereocenters. The van der Waals surface area contributed by atoms with Crippen LogP contribution in [0.2, 0.25) is 0 Å². The average molecular weight is 248 g/mol. The first kappa shape index (κ1) is 13.9. The van der Waals surface area contributed by atoms with Crippen molar-refractivity contribution in [3.8, 4) is 0 Å². The van der Waals surface area contributed by atoms with Crippen molar-refractivity contribution in [1.29, 1.82) is 0 Å². The lowest BCUT2D eigenvalue weighted by molar-refractivity contribution is -0.341. The molecule has 0 aromatic carbocycles. The number of nitrogens with zero attached hydrogens (tertiary/aromatic N) is 2. The maximum atomic E-state index is 11.5. The summed E-state index contributed by atoms with van der Waals surface area (Å²) in [5, 5.41) is 26.7. The van der Waals surface area contributed by atoms with E-state index in [2.05, 4.69) is 19.6 Å². The van der Waals surface area contributed by atoms with Crippen molar-refractivity contribution >= 4 is 0 Å². The highest BCUT2D eigenvalue weighted by Crippen LogP contribution is 2.16. The molecule has 96 valence electrons. The van der Waals surface area contributed by atoms with Gasteiger partial charge in [0.1, 0.15) is 24.6 Å². The van der Waals surface area contributed by atoms with Gasteiger partial charge in [0.15, 0.2) is 0 Å². The maximum absolute atomic E-state index is 11.5. The zero-order valence-corrected chi connectivity index (χ0v) is 8.76. The van der Waals surface area contributed by atoms with Crippen molar-refractivity contribution in [1.82, 2.24) is 9.97 Å². The van der Waals surface area contributed by atoms with Crippen molar-refractivity contribution in [2.45, 2.75) is 24.6 Å². The van der Waals surface area contributed by atoms with E-state index in [1.54, 1.807) is 18.5 Å². The quantitative estimate of drug-likeness (QED) is 0.573. The molecule has 0 amide bonds. The number of aliphatic hydroxyl groups is 3. The topological polar surface area (TPSA) is 105 Å². The third-order valence-corrected chi connectivity index (χ3v) is 2.02. The largest absolute Gasteiger partial charge is 0.388 e. The van der Waals surface area contributed by atoms with Crippen LogP contribution in [0.4, 0.5) is 4.53 Å². The van der Waals surface area contributed by atoms with E-state index in [0.29, 0.717) is 0 Å². The molecule has 1 saturated heterocycles. The van der Waals surface area contributed by atoms with E-state index in [-0.39, 0.29) is 6.61 Å². The van der Waals surface area contributed by atoms with Crippen LogP contribution in [0, 0.1) is 0 Å². The molecule has 0 saturated carbocycles. The van der Waals surface area contributed by atoms with Gasteiger partial charge in [0.2, 0.25) is 6.29 Å². The van der Waals surface area contributed by atoms with Gasteiger partial charge in [-0.2, -0.15) is 4.94 Å². The molecular weight excluding hydrogens is 235 g/mol. The first-order valence-corrected chi connectivity index (χ1v) is 4.80. The van der Waals surface area contributed by atoms with Crippen LogP contribution in [0.15, 0.2) is 24.8 Å². The zero-order valence-electron chi connectivity index (χ0n) is 8.76. The summed E-state index contributed by atoms with van der Waals surface area (Å²) in [4.78, 5) is 10.5. The highest BCUT2D eigenvalue weighted by molar-refractivity contribution is 4.81. The molecule has 1 aromatic rings. The fourth-order valence-corrected chi connectivity index (χ4v) is 1.11. The Labute approximate surface area is 96.4 Å². The van der Waals surface area contributed by atoms with Gasteiger partial charge < -0.3 is 20.1 Å². The second-order valence-electron chi connectivity index (χ2n) is 3.24. The second kappa shape index (κ2) is 7.20. The van der Waals surface area contributed by atoms with Crippen LogP contribution in [0.3, 0.4) is 0 Å². The van der Waals surface area contributed by atoms with Crippen LogP contribution in [-0.2, 0) is 9.68 Å². The minimum atomic E-state index is -1.55. The first-order valence-electron chi connectivity index (χ1n) is 4.80. The maximum Gasteiger partial charge on any atom is 0.225 e. The van der Waals surface area contributed by atoms with E-state index in [4.69, 9.17) is 15.3 Å². The summed E-state index contributed by atoms with van der Waals surface area (Å²) in [7, 11) is 0. The van der Waals surface area contributed by atoms with Crippen molar-refractivity contribution in [3.05, 3.63) is 24.8 Å².